The number of unbranched alkanes of at least 4 members (excludes halogenated alkanes) is 40. The number of carbonyl (C=O) groups is 2. The quantitative estimate of drug-likeness (QED) is 0.0211. The van der Waals surface area contributed by atoms with E-state index in [1.165, 1.54) is 218 Å². The first kappa shape index (κ1) is 86.9. The fraction of sp³-hybridized carbons (Fsp3) is 0.775. The number of rotatable bonds is 70. The number of phosphoric ester groups is 1. The average Bonchev–Trinajstić information content (AvgIpc) is 3.61. The molecule has 0 aliphatic rings. The Morgan fingerprint density at radius 3 is 0.944 bits per heavy atom. The number of ether oxygens (including phenoxy) is 2. The van der Waals surface area contributed by atoms with Gasteiger partial charge in [0, 0.05) is 12.8 Å². The van der Waals surface area contributed by atoms with E-state index in [1.54, 1.807) is 0 Å². The SMILES string of the molecule is CC/C=C\C/C=C\C/C=C\C/C=C\C/C=C\C/C=C\C/C=C\C/C=C\CCCCCCCCCCCCC(=O)OC(COC(=O)CCCCCCCCCCCCCCCCCCCCCCCCCCCCCCCCC)COP(=O)(O)OCC[N+](C)(C)C. The van der Waals surface area contributed by atoms with Crippen molar-refractivity contribution >= 4 is 19.8 Å². The molecule has 2 unspecified atom stereocenters. The summed E-state index contributed by atoms with van der Waals surface area (Å²) in [5.41, 5.74) is 0. The normalized spacial score (nSPS) is 13.6. The number of allylic oxidation sites excluding steroid dienone is 16. The summed E-state index contributed by atoms with van der Waals surface area (Å²) in [6.45, 7) is 4.36. The molecule has 522 valence electrons. The van der Waals surface area contributed by atoms with E-state index in [2.05, 4.69) is 111 Å². The van der Waals surface area contributed by atoms with Crippen molar-refractivity contribution in [2.45, 2.75) is 354 Å². The van der Waals surface area contributed by atoms with Crippen LogP contribution in [0.25, 0.3) is 0 Å². The first-order valence-electron chi connectivity index (χ1n) is 38.0. The van der Waals surface area contributed by atoms with E-state index < -0.39 is 26.5 Å². The fourth-order valence-corrected chi connectivity index (χ4v) is 11.6. The van der Waals surface area contributed by atoms with E-state index in [4.69, 9.17) is 18.5 Å². The molecular formula is C80H145NO8P+. The Bertz CT molecular complexity index is 1840. The van der Waals surface area contributed by atoms with E-state index in [0.29, 0.717) is 17.4 Å². The lowest BCUT2D eigenvalue weighted by Crippen LogP contribution is -2.37. The molecule has 2 atom stereocenters. The Morgan fingerprint density at radius 2 is 0.633 bits per heavy atom. The molecule has 9 nitrogen and oxygen atoms in total. The Hall–Kier alpha value is -3.07. The summed E-state index contributed by atoms with van der Waals surface area (Å²) in [5.74, 6) is -0.791. The summed E-state index contributed by atoms with van der Waals surface area (Å²) < 4.78 is 34.8. The van der Waals surface area contributed by atoms with Gasteiger partial charge in [-0.3, -0.25) is 18.6 Å². The van der Waals surface area contributed by atoms with Crippen LogP contribution < -0.4 is 0 Å². The van der Waals surface area contributed by atoms with Crippen molar-refractivity contribution in [2.75, 3.05) is 47.5 Å². The molecule has 0 spiro atoms. The van der Waals surface area contributed by atoms with Crippen molar-refractivity contribution in [1.29, 1.82) is 0 Å². The summed E-state index contributed by atoms with van der Waals surface area (Å²) in [7, 11) is 1.48. The zero-order valence-corrected chi connectivity index (χ0v) is 60.5. The van der Waals surface area contributed by atoms with Gasteiger partial charge in [0.05, 0.1) is 27.7 Å². The number of hydrogen-bond donors (Lipinski definition) is 1. The fourth-order valence-electron chi connectivity index (χ4n) is 10.9. The Kier molecular flexibility index (Phi) is 67.9. The third kappa shape index (κ3) is 74.0. The predicted molar refractivity (Wildman–Crippen MR) is 390 cm³/mol. The van der Waals surface area contributed by atoms with Gasteiger partial charge in [-0.25, -0.2) is 4.57 Å². The summed E-state index contributed by atoms with van der Waals surface area (Å²) in [6, 6.07) is 0. The minimum absolute atomic E-state index is 0.0288. The summed E-state index contributed by atoms with van der Waals surface area (Å²) in [4.78, 5) is 35.9. The molecule has 0 aliphatic carbocycles. The second kappa shape index (κ2) is 70.3. The van der Waals surface area contributed by atoms with Gasteiger partial charge in [0.2, 0.25) is 0 Å². The van der Waals surface area contributed by atoms with Crippen LogP contribution in [0.5, 0.6) is 0 Å². The Balaban J connectivity index is 4.02. The summed E-state index contributed by atoms with van der Waals surface area (Å²) >= 11 is 0. The van der Waals surface area contributed by atoms with Crippen LogP contribution in [0.15, 0.2) is 97.2 Å². The van der Waals surface area contributed by atoms with E-state index in [0.717, 1.165) is 96.3 Å². The molecule has 10 heteroatoms. The highest BCUT2D eigenvalue weighted by molar-refractivity contribution is 7.47. The van der Waals surface area contributed by atoms with Gasteiger partial charge in [-0.2, -0.15) is 0 Å². The van der Waals surface area contributed by atoms with Crippen molar-refractivity contribution in [2.24, 2.45) is 0 Å². The lowest BCUT2D eigenvalue weighted by atomic mass is 10.0. The van der Waals surface area contributed by atoms with Crippen LogP contribution in [0.1, 0.15) is 348 Å². The van der Waals surface area contributed by atoms with Crippen LogP contribution in [-0.4, -0.2) is 74.9 Å². The molecule has 0 rings (SSSR count). The molecule has 0 saturated heterocycles. The molecule has 0 heterocycles. The van der Waals surface area contributed by atoms with Crippen molar-refractivity contribution < 1.29 is 42.1 Å². The number of likely N-dealkylation sites (N-methyl/N-ethyl adjacent to an activating group) is 1. The second-order valence-electron chi connectivity index (χ2n) is 26.7. The van der Waals surface area contributed by atoms with Crippen LogP contribution in [0, 0.1) is 0 Å². The minimum atomic E-state index is -4.40. The minimum Gasteiger partial charge on any atom is -0.462 e. The van der Waals surface area contributed by atoms with Crippen LogP contribution in [0.3, 0.4) is 0 Å². The molecule has 90 heavy (non-hydrogen) atoms. The number of esters is 2. The number of quaternary nitrogens is 1. The number of phosphoric acid groups is 1. The van der Waals surface area contributed by atoms with Gasteiger partial charge in [-0.15, -0.1) is 0 Å². The maximum absolute atomic E-state index is 12.9. The first-order chi connectivity index (χ1) is 44.0. The highest BCUT2D eigenvalue weighted by Gasteiger charge is 2.27. The van der Waals surface area contributed by atoms with Gasteiger partial charge in [0.15, 0.2) is 6.10 Å². The summed E-state index contributed by atoms with van der Waals surface area (Å²) in [5, 5.41) is 0. The third-order valence-electron chi connectivity index (χ3n) is 16.6. The number of nitrogens with zero attached hydrogens (tertiary/aromatic N) is 1. The topological polar surface area (TPSA) is 108 Å². The van der Waals surface area contributed by atoms with Gasteiger partial charge < -0.3 is 18.9 Å². The molecule has 0 fully saturated rings. The van der Waals surface area contributed by atoms with E-state index in [-0.39, 0.29) is 32.0 Å². The van der Waals surface area contributed by atoms with Gasteiger partial charge in [-0.05, 0) is 77.0 Å². The molecule has 0 bridgehead atoms. The van der Waals surface area contributed by atoms with Crippen LogP contribution in [0.2, 0.25) is 0 Å². The lowest BCUT2D eigenvalue weighted by Gasteiger charge is -2.24. The molecule has 0 aromatic rings. The maximum Gasteiger partial charge on any atom is 0.472 e. The molecule has 0 aromatic carbocycles. The van der Waals surface area contributed by atoms with E-state index >= 15 is 0 Å². The average molecular weight is 1280 g/mol. The molecule has 0 radical (unpaired) electrons. The molecule has 0 aliphatic heterocycles. The Morgan fingerprint density at radius 1 is 0.356 bits per heavy atom. The van der Waals surface area contributed by atoms with Gasteiger partial charge >= 0.3 is 19.8 Å². The largest absolute Gasteiger partial charge is 0.472 e. The van der Waals surface area contributed by atoms with Gasteiger partial charge in [-0.1, -0.05) is 355 Å². The van der Waals surface area contributed by atoms with Crippen molar-refractivity contribution in [3.05, 3.63) is 97.2 Å². The standard InChI is InChI=1S/C80H144NO8P/c1-6-8-10-12-14-16-18-20-22-24-26-28-30-32-34-36-38-39-40-41-43-45-47-49-51-53-55-57-59-61-63-65-67-69-71-73-80(83)89-78(77-88-90(84,85)87-75-74-81(3,4)5)76-86-79(82)72-70-68-66-64-62-60-58-56-54-52-50-48-46-44-42-37-35-33-31-29-27-25-23-21-19-17-15-13-11-9-7-2/h8,10,14,16,20,22,26,28,32,34,38-39,41,43,47,49,78H,6-7,9,11-13,15,17-19,21,23-25,27,29-31,33,35-37,40,42,44-46,48,50-77H2,1-5H3/p+1/b10-8-,16-14-,22-20-,28-26-,34-32-,39-38-,43-41-,49-47-. The highest BCUT2D eigenvalue weighted by Crippen LogP contribution is 2.43. The maximum atomic E-state index is 12.9. The molecule has 0 aromatic heterocycles. The third-order valence-corrected chi connectivity index (χ3v) is 17.6. The highest BCUT2D eigenvalue weighted by atomic mass is 31.2. The lowest BCUT2D eigenvalue weighted by molar-refractivity contribution is -0.870. The van der Waals surface area contributed by atoms with Crippen LogP contribution in [0.4, 0.5) is 0 Å². The Labute approximate surface area is 557 Å². The second-order valence-corrected chi connectivity index (χ2v) is 28.1. The van der Waals surface area contributed by atoms with Crippen molar-refractivity contribution in [3.63, 3.8) is 0 Å². The number of hydrogen-bond acceptors (Lipinski definition) is 7. The first-order valence-corrected chi connectivity index (χ1v) is 39.5. The molecular weight excluding hydrogens is 1130 g/mol. The molecule has 1 N–H and O–H groups in total. The van der Waals surface area contributed by atoms with Crippen LogP contribution >= 0.6 is 7.82 Å². The van der Waals surface area contributed by atoms with Crippen molar-refractivity contribution in [3.8, 4) is 0 Å². The predicted octanol–water partition coefficient (Wildman–Crippen LogP) is 25.1. The van der Waals surface area contributed by atoms with E-state index in [1.807, 2.05) is 21.1 Å². The van der Waals surface area contributed by atoms with Gasteiger partial charge in [0.25, 0.3) is 0 Å². The van der Waals surface area contributed by atoms with Crippen LogP contribution in [-0.2, 0) is 32.7 Å². The molecule has 0 saturated carbocycles. The zero-order valence-electron chi connectivity index (χ0n) is 59.6. The summed E-state index contributed by atoms with van der Waals surface area (Å²) in [6.07, 6.45) is 98.2. The van der Waals surface area contributed by atoms with Gasteiger partial charge in [0.1, 0.15) is 19.8 Å². The molecule has 0 amide bonds. The monoisotopic (exact) mass is 1280 g/mol. The van der Waals surface area contributed by atoms with Crippen molar-refractivity contribution in [1.82, 2.24) is 0 Å². The smallest absolute Gasteiger partial charge is 0.462 e. The van der Waals surface area contributed by atoms with E-state index in [9.17, 15) is 19.0 Å². The number of carbonyl (C=O) groups excluding carboxylic acids is 2. The zero-order chi connectivity index (χ0) is 65.5.